The lowest BCUT2D eigenvalue weighted by Gasteiger charge is -2.18. The number of hydrogen-bond donors (Lipinski definition) is 2. The van der Waals surface area contributed by atoms with Crippen molar-refractivity contribution in [2.45, 2.75) is 20.3 Å². The van der Waals surface area contributed by atoms with Gasteiger partial charge in [-0.25, -0.2) is 0 Å². The minimum Gasteiger partial charge on any atom is -0.480 e. The molecule has 1 aromatic rings. The van der Waals surface area contributed by atoms with E-state index in [9.17, 15) is 9.59 Å². The average molecular weight is 314 g/mol. The third-order valence-corrected chi connectivity index (χ3v) is 3.51. The highest BCUT2D eigenvalue weighted by molar-refractivity contribution is 9.10. The van der Waals surface area contributed by atoms with Crippen molar-refractivity contribution in [3.05, 3.63) is 34.3 Å². The van der Waals surface area contributed by atoms with Gasteiger partial charge >= 0.3 is 5.97 Å². The third-order valence-electron chi connectivity index (χ3n) is 2.74. The van der Waals surface area contributed by atoms with E-state index in [1.807, 2.05) is 24.3 Å². The van der Waals surface area contributed by atoms with Gasteiger partial charge in [0.2, 0.25) is 5.91 Å². The van der Waals surface area contributed by atoms with Gasteiger partial charge in [0.05, 0.1) is 0 Å². The van der Waals surface area contributed by atoms with Crippen LogP contribution in [0.25, 0.3) is 0 Å². The van der Waals surface area contributed by atoms with Crippen LogP contribution in [-0.4, -0.2) is 23.5 Å². The van der Waals surface area contributed by atoms with Gasteiger partial charge in [0, 0.05) is 11.0 Å². The molecule has 0 radical (unpaired) electrons. The summed E-state index contributed by atoms with van der Waals surface area (Å²) in [4.78, 5) is 22.6. The summed E-state index contributed by atoms with van der Waals surface area (Å²) in [5.74, 6) is -1.59. The summed E-state index contributed by atoms with van der Waals surface area (Å²) in [6.07, 6.45) is 0.656. The molecule has 2 N–H and O–H groups in total. The molecule has 0 aromatic heterocycles. The van der Waals surface area contributed by atoms with Crippen LogP contribution in [0, 0.1) is 5.41 Å². The maximum absolute atomic E-state index is 11.7. The number of rotatable bonds is 5. The summed E-state index contributed by atoms with van der Waals surface area (Å²) in [5.41, 5.74) is -0.320. The molecule has 4 nitrogen and oxygen atoms in total. The highest BCUT2D eigenvalue weighted by atomic mass is 79.9. The van der Waals surface area contributed by atoms with Crippen LogP contribution in [0.4, 0.5) is 0 Å². The van der Waals surface area contributed by atoms with Crippen molar-refractivity contribution in [2.24, 2.45) is 5.41 Å². The van der Waals surface area contributed by atoms with Gasteiger partial charge in [-0.05, 0) is 31.9 Å². The monoisotopic (exact) mass is 313 g/mol. The lowest BCUT2D eigenvalue weighted by atomic mass is 9.92. The average Bonchev–Trinajstić information content (AvgIpc) is 2.31. The van der Waals surface area contributed by atoms with E-state index in [-0.39, 0.29) is 0 Å². The Morgan fingerprint density at radius 1 is 1.33 bits per heavy atom. The fourth-order valence-electron chi connectivity index (χ4n) is 1.33. The maximum Gasteiger partial charge on any atom is 0.318 e. The number of carboxylic acids is 1. The van der Waals surface area contributed by atoms with Crippen LogP contribution in [0.5, 0.6) is 0 Å². The number of halogens is 1. The zero-order valence-electron chi connectivity index (χ0n) is 10.4. The van der Waals surface area contributed by atoms with Crippen LogP contribution in [0.1, 0.15) is 19.4 Å². The van der Waals surface area contributed by atoms with Crippen molar-refractivity contribution in [3.63, 3.8) is 0 Å². The molecule has 0 fully saturated rings. The summed E-state index contributed by atoms with van der Waals surface area (Å²) in [6.45, 7) is 3.20. The Morgan fingerprint density at radius 2 is 1.94 bits per heavy atom. The van der Waals surface area contributed by atoms with Crippen molar-refractivity contribution in [1.29, 1.82) is 0 Å². The van der Waals surface area contributed by atoms with Gasteiger partial charge in [-0.3, -0.25) is 9.59 Å². The molecule has 0 bridgehead atoms. The predicted octanol–water partition coefficient (Wildman–Crippen LogP) is 2.22. The van der Waals surface area contributed by atoms with Crippen molar-refractivity contribution in [1.82, 2.24) is 5.32 Å². The minimum absolute atomic E-state index is 0.415. The normalized spacial score (nSPS) is 11.1. The molecule has 5 heteroatoms. The van der Waals surface area contributed by atoms with Gasteiger partial charge in [-0.2, -0.15) is 0 Å². The van der Waals surface area contributed by atoms with Crippen molar-refractivity contribution >= 4 is 27.8 Å². The number of carbonyl (C=O) groups is 2. The predicted molar refractivity (Wildman–Crippen MR) is 72.3 cm³/mol. The second-order valence-electron chi connectivity index (χ2n) is 4.53. The maximum atomic E-state index is 11.7. The number of amides is 1. The molecule has 0 aliphatic heterocycles. The van der Waals surface area contributed by atoms with Crippen LogP contribution in [0.15, 0.2) is 28.7 Å². The molecular weight excluding hydrogens is 298 g/mol. The van der Waals surface area contributed by atoms with E-state index >= 15 is 0 Å². The second-order valence-corrected chi connectivity index (χ2v) is 5.38. The molecule has 0 aliphatic carbocycles. The van der Waals surface area contributed by atoms with Gasteiger partial charge in [0.1, 0.15) is 5.41 Å². The van der Waals surface area contributed by atoms with Gasteiger partial charge in [0.25, 0.3) is 0 Å². The van der Waals surface area contributed by atoms with Crippen LogP contribution in [0.2, 0.25) is 0 Å². The molecule has 18 heavy (non-hydrogen) atoms. The Balaban J connectivity index is 2.51. The van der Waals surface area contributed by atoms with Gasteiger partial charge in [0.15, 0.2) is 0 Å². The van der Waals surface area contributed by atoms with Crippen molar-refractivity contribution in [2.75, 3.05) is 6.54 Å². The first-order valence-corrected chi connectivity index (χ1v) is 6.40. The summed E-state index contributed by atoms with van der Waals surface area (Å²) in [7, 11) is 0. The lowest BCUT2D eigenvalue weighted by molar-refractivity contribution is -0.153. The van der Waals surface area contributed by atoms with E-state index in [1.54, 1.807) is 0 Å². The molecular formula is C13H16BrNO3. The number of nitrogens with one attached hydrogen (secondary N) is 1. The molecule has 0 atom stereocenters. The number of aliphatic carboxylic acids is 1. The molecule has 1 rings (SSSR count). The number of hydrogen-bond acceptors (Lipinski definition) is 2. The van der Waals surface area contributed by atoms with Crippen LogP contribution in [-0.2, 0) is 16.0 Å². The van der Waals surface area contributed by atoms with Crippen LogP contribution >= 0.6 is 15.9 Å². The zero-order chi connectivity index (χ0) is 13.8. The standard InChI is InChI=1S/C13H16BrNO3/c1-13(2,12(17)18)11(16)15-8-7-9-5-3-4-6-10(9)14/h3-6H,7-8H2,1-2H3,(H,15,16)(H,17,18). The summed E-state index contributed by atoms with van der Waals surface area (Å²) >= 11 is 3.42. The Bertz CT molecular complexity index is 457. The topological polar surface area (TPSA) is 66.4 Å². The lowest BCUT2D eigenvalue weighted by Crippen LogP contribution is -2.43. The highest BCUT2D eigenvalue weighted by Gasteiger charge is 2.35. The molecule has 0 unspecified atom stereocenters. The SMILES string of the molecule is CC(C)(C(=O)O)C(=O)NCCc1ccccc1Br. The van der Waals surface area contributed by atoms with E-state index < -0.39 is 17.3 Å². The van der Waals surface area contributed by atoms with E-state index in [0.29, 0.717) is 13.0 Å². The zero-order valence-corrected chi connectivity index (χ0v) is 12.0. The van der Waals surface area contributed by atoms with Gasteiger partial charge in [-0.1, -0.05) is 34.1 Å². The van der Waals surface area contributed by atoms with E-state index in [2.05, 4.69) is 21.2 Å². The molecule has 0 spiro atoms. The van der Waals surface area contributed by atoms with Crippen LogP contribution < -0.4 is 5.32 Å². The van der Waals surface area contributed by atoms with Crippen molar-refractivity contribution < 1.29 is 14.7 Å². The number of carbonyl (C=O) groups excluding carboxylic acids is 1. The molecule has 0 aliphatic rings. The minimum atomic E-state index is -1.39. The van der Waals surface area contributed by atoms with E-state index in [4.69, 9.17) is 5.11 Å². The van der Waals surface area contributed by atoms with Gasteiger partial charge < -0.3 is 10.4 Å². The molecule has 1 aromatic carbocycles. The smallest absolute Gasteiger partial charge is 0.318 e. The van der Waals surface area contributed by atoms with E-state index in [0.717, 1.165) is 10.0 Å². The van der Waals surface area contributed by atoms with Crippen LogP contribution in [0.3, 0.4) is 0 Å². The quantitative estimate of drug-likeness (QED) is 0.819. The molecule has 1 amide bonds. The first kappa shape index (κ1) is 14.7. The van der Waals surface area contributed by atoms with Gasteiger partial charge in [-0.15, -0.1) is 0 Å². The molecule has 0 saturated carbocycles. The first-order valence-electron chi connectivity index (χ1n) is 5.61. The summed E-state index contributed by atoms with van der Waals surface area (Å²) in [6, 6.07) is 7.72. The summed E-state index contributed by atoms with van der Waals surface area (Å²) < 4.78 is 0.983. The Morgan fingerprint density at radius 3 is 2.50 bits per heavy atom. The van der Waals surface area contributed by atoms with Crippen molar-refractivity contribution in [3.8, 4) is 0 Å². The molecule has 98 valence electrons. The highest BCUT2D eigenvalue weighted by Crippen LogP contribution is 2.17. The Labute approximate surface area is 115 Å². The fourth-order valence-corrected chi connectivity index (χ4v) is 1.81. The summed E-state index contributed by atoms with van der Waals surface area (Å²) in [5, 5.41) is 11.5. The fraction of sp³-hybridized carbons (Fsp3) is 0.385. The number of benzene rings is 1. The molecule has 0 heterocycles. The van der Waals surface area contributed by atoms with E-state index in [1.165, 1.54) is 13.8 Å². The third kappa shape index (κ3) is 3.57. The Hall–Kier alpha value is -1.36. The first-order chi connectivity index (χ1) is 8.35. The number of carboxylic acid groups (broad SMARTS) is 1. The largest absolute Gasteiger partial charge is 0.480 e. The second kappa shape index (κ2) is 6.00. The Kier molecular flexibility index (Phi) is 4.90. The molecule has 0 saturated heterocycles.